The van der Waals surface area contributed by atoms with Gasteiger partial charge in [-0.25, -0.2) is 19.3 Å². The Hall–Kier alpha value is -2.90. The molecule has 0 aliphatic carbocycles. The van der Waals surface area contributed by atoms with Gasteiger partial charge in [-0.2, -0.15) is 0 Å². The Kier molecular flexibility index (Phi) is 4.79. The van der Waals surface area contributed by atoms with E-state index in [0.29, 0.717) is 11.7 Å². The maximum absolute atomic E-state index is 13.4. The molecule has 3 heterocycles. The molecule has 0 spiro atoms. The number of imidazole rings is 1. The molecule has 3 aromatic rings. The number of thioether (sulfide) groups is 1. The van der Waals surface area contributed by atoms with Gasteiger partial charge in [-0.3, -0.25) is 0 Å². The van der Waals surface area contributed by atoms with Gasteiger partial charge in [0.15, 0.2) is 5.16 Å². The van der Waals surface area contributed by atoms with E-state index >= 15 is 0 Å². The van der Waals surface area contributed by atoms with Gasteiger partial charge in [0.05, 0.1) is 17.1 Å². The second-order valence-corrected chi connectivity index (χ2v) is 6.91. The van der Waals surface area contributed by atoms with Crippen LogP contribution in [0, 0.1) is 5.82 Å². The third-order valence-corrected chi connectivity index (χ3v) is 5.14. The molecule has 136 valence electrons. The van der Waals surface area contributed by atoms with Gasteiger partial charge in [0.2, 0.25) is 0 Å². The smallest absolute Gasteiger partial charge is 0.187 e. The molecule has 1 aliphatic rings. The molecule has 0 amide bonds. The van der Waals surface area contributed by atoms with Gasteiger partial charge in [-0.05, 0) is 48.5 Å². The Morgan fingerprint density at radius 3 is 2.85 bits per heavy atom. The number of azide groups is 1. The van der Waals surface area contributed by atoms with Crippen LogP contribution in [0.15, 0.2) is 46.8 Å². The van der Waals surface area contributed by atoms with Crippen LogP contribution in [0.1, 0.15) is 18.3 Å². The van der Waals surface area contributed by atoms with E-state index in [0.717, 1.165) is 41.3 Å². The van der Waals surface area contributed by atoms with E-state index in [-0.39, 0.29) is 11.9 Å². The predicted molar refractivity (Wildman–Crippen MR) is 102 cm³/mol. The van der Waals surface area contributed by atoms with Gasteiger partial charge in [-0.15, -0.1) is 0 Å². The van der Waals surface area contributed by atoms with Crippen molar-refractivity contribution in [3.05, 3.63) is 58.6 Å². The van der Waals surface area contributed by atoms with Gasteiger partial charge >= 0.3 is 0 Å². The average molecular weight is 381 g/mol. The molecule has 27 heavy (non-hydrogen) atoms. The van der Waals surface area contributed by atoms with E-state index in [9.17, 15) is 4.39 Å². The molecule has 1 aliphatic heterocycles. The highest BCUT2D eigenvalue weighted by Gasteiger charge is 2.30. The Bertz CT molecular complexity index is 1020. The first-order valence-corrected chi connectivity index (χ1v) is 9.69. The van der Waals surface area contributed by atoms with E-state index < -0.39 is 0 Å². The van der Waals surface area contributed by atoms with Crippen molar-refractivity contribution < 1.29 is 4.39 Å². The number of benzene rings is 1. The minimum absolute atomic E-state index is 0.0280. The molecule has 9 heteroatoms. The zero-order valence-electron chi connectivity index (χ0n) is 14.6. The lowest BCUT2D eigenvalue weighted by molar-refractivity contribution is 0.542. The highest BCUT2D eigenvalue weighted by molar-refractivity contribution is 7.98. The summed E-state index contributed by atoms with van der Waals surface area (Å²) in [7, 11) is 0. The van der Waals surface area contributed by atoms with Crippen molar-refractivity contribution in [2.45, 2.75) is 24.0 Å². The van der Waals surface area contributed by atoms with Crippen LogP contribution in [0.2, 0.25) is 0 Å². The van der Waals surface area contributed by atoms with Crippen LogP contribution in [0.3, 0.4) is 0 Å². The van der Waals surface area contributed by atoms with Crippen molar-refractivity contribution in [2.24, 2.45) is 5.11 Å². The monoisotopic (exact) mass is 381 g/mol. The molecule has 0 N–H and O–H groups in total. The van der Waals surface area contributed by atoms with Gasteiger partial charge < -0.3 is 4.57 Å². The minimum Gasteiger partial charge on any atom is -0.323 e. The van der Waals surface area contributed by atoms with Crippen LogP contribution in [0.4, 0.5) is 4.39 Å². The molecule has 0 saturated heterocycles. The number of aryl methyl sites for hydroxylation is 1. The van der Waals surface area contributed by atoms with Crippen LogP contribution in [-0.4, -0.2) is 32.3 Å². The standard InChI is InChI=1S/C18H16FN7S/c1-27-18-21-9-8-14(23-18)17-16(11-2-4-12(19)5-3-11)24-15-7-6-13(26(15)17)10-22-25-20/h2-5,8-9,13H,6-7,10H2,1H3/t13-/m0/s1. The Balaban J connectivity index is 1.92. The Labute approximate surface area is 159 Å². The van der Waals surface area contributed by atoms with Crippen LogP contribution < -0.4 is 0 Å². The lowest BCUT2D eigenvalue weighted by Gasteiger charge is -2.15. The molecule has 2 aromatic heterocycles. The maximum atomic E-state index is 13.4. The van der Waals surface area contributed by atoms with Crippen LogP contribution in [-0.2, 0) is 6.42 Å². The number of aromatic nitrogens is 4. The van der Waals surface area contributed by atoms with Gasteiger partial charge in [-0.1, -0.05) is 16.9 Å². The zero-order valence-corrected chi connectivity index (χ0v) is 15.4. The van der Waals surface area contributed by atoms with Crippen molar-refractivity contribution in [3.63, 3.8) is 0 Å². The molecule has 0 fully saturated rings. The number of nitrogens with zero attached hydrogens (tertiary/aromatic N) is 7. The minimum atomic E-state index is -0.292. The van der Waals surface area contributed by atoms with Gasteiger partial charge in [0, 0.05) is 35.7 Å². The van der Waals surface area contributed by atoms with E-state index in [1.54, 1.807) is 18.3 Å². The van der Waals surface area contributed by atoms with E-state index in [1.165, 1.54) is 23.9 Å². The normalized spacial score (nSPS) is 15.4. The fraction of sp³-hybridized carbons (Fsp3) is 0.278. The first-order valence-electron chi connectivity index (χ1n) is 8.46. The van der Waals surface area contributed by atoms with E-state index in [2.05, 4.69) is 24.6 Å². The number of fused-ring (bicyclic) bond motifs is 1. The van der Waals surface area contributed by atoms with Crippen LogP contribution in [0.25, 0.3) is 33.1 Å². The van der Waals surface area contributed by atoms with E-state index in [1.807, 2.05) is 12.3 Å². The summed E-state index contributed by atoms with van der Waals surface area (Å²) in [5.74, 6) is 0.631. The number of rotatable bonds is 5. The summed E-state index contributed by atoms with van der Waals surface area (Å²) in [5.41, 5.74) is 11.9. The highest BCUT2D eigenvalue weighted by Crippen LogP contribution is 2.39. The lowest BCUT2D eigenvalue weighted by atomic mass is 10.1. The summed E-state index contributed by atoms with van der Waals surface area (Å²) in [6, 6.07) is 8.16. The number of halogens is 1. The molecule has 1 aromatic carbocycles. The molecule has 1 atom stereocenters. The van der Waals surface area contributed by atoms with Crippen molar-refractivity contribution in [2.75, 3.05) is 12.8 Å². The highest BCUT2D eigenvalue weighted by atomic mass is 32.2. The molecule has 0 unspecified atom stereocenters. The first-order chi connectivity index (χ1) is 13.2. The summed E-state index contributed by atoms with van der Waals surface area (Å²) >= 11 is 1.46. The maximum Gasteiger partial charge on any atom is 0.187 e. The number of hydrogen-bond donors (Lipinski definition) is 0. The molecule has 0 bridgehead atoms. The van der Waals surface area contributed by atoms with Crippen LogP contribution >= 0.6 is 11.8 Å². The Morgan fingerprint density at radius 1 is 1.30 bits per heavy atom. The fourth-order valence-corrected chi connectivity index (χ4v) is 3.76. The molecule has 0 saturated carbocycles. The topological polar surface area (TPSA) is 92.4 Å². The third-order valence-electron chi connectivity index (χ3n) is 4.58. The predicted octanol–water partition coefficient (Wildman–Crippen LogP) is 4.67. The SMILES string of the molecule is CSc1nccc(-c2c(-c3ccc(F)cc3)nc3n2[C@H](CN=[N+]=[N-])CC3)n1. The summed E-state index contributed by atoms with van der Waals surface area (Å²) in [5, 5.41) is 4.42. The molecule has 0 radical (unpaired) electrons. The van der Waals surface area contributed by atoms with Crippen molar-refractivity contribution in [3.8, 4) is 22.6 Å². The average Bonchev–Trinajstić information content (AvgIpc) is 3.26. The first kappa shape index (κ1) is 17.5. The van der Waals surface area contributed by atoms with Gasteiger partial charge in [0.1, 0.15) is 11.6 Å². The van der Waals surface area contributed by atoms with Gasteiger partial charge in [0.25, 0.3) is 0 Å². The molecular formula is C18H16FN7S. The summed E-state index contributed by atoms with van der Waals surface area (Å²) in [6.07, 6.45) is 5.30. The zero-order chi connectivity index (χ0) is 18.8. The van der Waals surface area contributed by atoms with Crippen molar-refractivity contribution in [1.82, 2.24) is 19.5 Å². The largest absolute Gasteiger partial charge is 0.323 e. The molecule has 7 nitrogen and oxygen atoms in total. The van der Waals surface area contributed by atoms with Crippen LogP contribution in [0.5, 0.6) is 0 Å². The third kappa shape index (κ3) is 3.27. The summed E-state index contributed by atoms with van der Waals surface area (Å²) in [6.45, 7) is 0.357. The summed E-state index contributed by atoms with van der Waals surface area (Å²) < 4.78 is 15.5. The lowest BCUT2D eigenvalue weighted by Crippen LogP contribution is -2.09. The molecule has 4 rings (SSSR count). The fourth-order valence-electron chi connectivity index (χ4n) is 3.40. The van der Waals surface area contributed by atoms with Crippen molar-refractivity contribution in [1.29, 1.82) is 0 Å². The van der Waals surface area contributed by atoms with Crippen molar-refractivity contribution >= 4 is 11.8 Å². The second kappa shape index (κ2) is 7.38. The molecular weight excluding hydrogens is 365 g/mol. The van der Waals surface area contributed by atoms with E-state index in [4.69, 9.17) is 10.5 Å². The second-order valence-electron chi connectivity index (χ2n) is 6.14. The number of hydrogen-bond acceptors (Lipinski definition) is 5. The summed E-state index contributed by atoms with van der Waals surface area (Å²) in [4.78, 5) is 16.6. The Morgan fingerprint density at radius 2 is 2.11 bits per heavy atom. The quantitative estimate of drug-likeness (QED) is 0.211.